The number of carbonyl (C=O) groups excluding carboxylic acids is 1. The van der Waals surface area contributed by atoms with Gasteiger partial charge in [0, 0.05) is 23.4 Å². The number of amides is 1. The summed E-state index contributed by atoms with van der Waals surface area (Å²) in [5.41, 5.74) is 0.550. The molecule has 3 aromatic rings. The number of carbonyl (C=O) groups is 1. The van der Waals surface area contributed by atoms with Crippen LogP contribution in [0, 0.1) is 10.1 Å². The molecule has 0 aliphatic carbocycles. The molecule has 0 saturated carbocycles. The first kappa shape index (κ1) is 18.3. The number of nitrogens with one attached hydrogen (secondary N) is 1. The maximum atomic E-state index is 12.5. The zero-order chi connectivity index (χ0) is 19.4. The lowest BCUT2D eigenvalue weighted by Gasteiger charge is -2.08. The Morgan fingerprint density at radius 3 is 1.93 bits per heavy atom. The predicted molar refractivity (Wildman–Crippen MR) is 99.4 cm³/mol. The van der Waals surface area contributed by atoms with E-state index >= 15 is 0 Å². The van der Waals surface area contributed by atoms with Gasteiger partial charge in [0.1, 0.15) is 0 Å². The second-order valence-corrected chi connectivity index (χ2v) is 7.55. The molecule has 0 fully saturated rings. The van der Waals surface area contributed by atoms with E-state index in [2.05, 4.69) is 5.32 Å². The average molecular weight is 382 g/mol. The van der Waals surface area contributed by atoms with E-state index in [1.807, 2.05) is 0 Å². The van der Waals surface area contributed by atoms with Gasteiger partial charge >= 0.3 is 0 Å². The highest BCUT2D eigenvalue weighted by Gasteiger charge is 2.17. The van der Waals surface area contributed by atoms with Gasteiger partial charge in [0.25, 0.3) is 11.6 Å². The normalized spacial score (nSPS) is 11.0. The molecule has 3 rings (SSSR count). The second kappa shape index (κ2) is 7.38. The van der Waals surface area contributed by atoms with Gasteiger partial charge in [-0.2, -0.15) is 0 Å². The fourth-order valence-corrected chi connectivity index (χ4v) is 3.67. The number of nitrogens with zero attached hydrogens (tertiary/aromatic N) is 1. The Morgan fingerprint density at radius 2 is 1.37 bits per heavy atom. The largest absolute Gasteiger partial charge is 0.322 e. The number of benzene rings is 3. The lowest BCUT2D eigenvalue weighted by atomic mass is 10.2. The minimum absolute atomic E-state index is 0.109. The number of hydrogen-bond acceptors (Lipinski definition) is 5. The van der Waals surface area contributed by atoms with Crippen LogP contribution in [-0.2, 0) is 9.84 Å². The molecule has 0 aliphatic heterocycles. The number of hydrogen-bond donors (Lipinski definition) is 1. The zero-order valence-electron chi connectivity index (χ0n) is 13.9. The molecule has 0 aromatic heterocycles. The van der Waals surface area contributed by atoms with Crippen LogP contribution in [0.1, 0.15) is 10.4 Å². The summed E-state index contributed by atoms with van der Waals surface area (Å²) in [6.45, 7) is 0. The molecule has 0 unspecified atom stereocenters. The molecule has 0 bridgehead atoms. The highest BCUT2D eigenvalue weighted by Crippen LogP contribution is 2.22. The molecule has 1 amide bonds. The van der Waals surface area contributed by atoms with Gasteiger partial charge in [-0.15, -0.1) is 0 Å². The van der Waals surface area contributed by atoms with E-state index in [1.165, 1.54) is 60.7 Å². The average Bonchev–Trinajstić information content (AvgIpc) is 2.69. The Labute approximate surface area is 155 Å². The van der Waals surface area contributed by atoms with Crippen LogP contribution in [0.3, 0.4) is 0 Å². The topological polar surface area (TPSA) is 106 Å². The first-order valence-electron chi connectivity index (χ1n) is 7.84. The minimum Gasteiger partial charge on any atom is -0.322 e. The fraction of sp³-hybridized carbons (Fsp3) is 0. The highest BCUT2D eigenvalue weighted by molar-refractivity contribution is 7.91. The monoisotopic (exact) mass is 382 g/mol. The van der Waals surface area contributed by atoms with Crippen LogP contribution in [-0.4, -0.2) is 19.2 Å². The van der Waals surface area contributed by atoms with Crippen molar-refractivity contribution in [1.29, 1.82) is 0 Å². The van der Waals surface area contributed by atoms with Gasteiger partial charge in [0.15, 0.2) is 0 Å². The molecule has 3 aromatic carbocycles. The molecule has 0 atom stereocenters. The lowest BCUT2D eigenvalue weighted by molar-refractivity contribution is -0.384. The van der Waals surface area contributed by atoms with Crippen molar-refractivity contribution in [2.75, 3.05) is 5.32 Å². The van der Waals surface area contributed by atoms with E-state index in [1.54, 1.807) is 18.2 Å². The van der Waals surface area contributed by atoms with E-state index in [4.69, 9.17) is 0 Å². The van der Waals surface area contributed by atoms with E-state index < -0.39 is 20.7 Å². The first-order valence-corrected chi connectivity index (χ1v) is 9.32. The van der Waals surface area contributed by atoms with Crippen molar-refractivity contribution in [3.8, 4) is 0 Å². The Hall–Kier alpha value is -3.52. The number of nitro benzene ring substituents is 1. The van der Waals surface area contributed by atoms with Gasteiger partial charge in [-0.3, -0.25) is 14.9 Å². The van der Waals surface area contributed by atoms with Crippen LogP contribution >= 0.6 is 0 Å². The number of rotatable bonds is 5. The van der Waals surface area contributed by atoms with Crippen molar-refractivity contribution in [2.45, 2.75) is 9.79 Å². The third kappa shape index (κ3) is 4.01. The number of nitro groups is 1. The Morgan fingerprint density at radius 1 is 0.815 bits per heavy atom. The number of sulfone groups is 1. The summed E-state index contributed by atoms with van der Waals surface area (Å²) in [4.78, 5) is 22.6. The zero-order valence-corrected chi connectivity index (χ0v) is 14.7. The second-order valence-electron chi connectivity index (χ2n) is 5.60. The van der Waals surface area contributed by atoms with Crippen LogP contribution in [0.25, 0.3) is 0 Å². The summed E-state index contributed by atoms with van der Waals surface area (Å²) in [5, 5.41) is 13.3. The number of non-ortho nitro benzene ring substituents is 1. The molecule has 0 aliphatic rings. The summed E-state index contributed by atoms with van der Waals surface area (Å²) in [7, 11) is -3.63. The highest BCUT2D eigenvalue weighted by atomic mass is 32.2. The first-order chi connectivity index (χ1) is 12.9. The molecular formula is C19H14N2O5S. The molecule has 27 heavy (non-hydrogen) atoms. The summed E-state index contributed by atoms with van der Waals surface area (Å²) in [6, 6.07) is 19.0. The van der Waals surface area contributed by atoms with Crippen molar-refractivity contribution in [1.82, 2.24) is 0 Å². The molecular weight excluding hydrogens is 368 g/mol. The number of anilines is 1. The molecule has 1 N–H and O–H groups in total. The van der Waals surface area contributed by atoms with Crippen LogP contribution < -0.4 is 5.32 Å². The van der Waals surface area contributed by atoms with Gasteiger partial charge in [-0.25, -0.2) is 8.42 Å². The van der Waals surface area contributed by atoms with Gasteiger partial charge in [-0.05, 0) is 48.5 Å². The summed E-state index contributed by atoms with van der Waals surface area (Å²) < 4.78 is 25.1. The smallest absolute Gasteiger partial charge is 0.269 e. The van der Waals surface area contributed by atoms with Crippen molar-refractivity contribution in [3.05, 3.63) is 94.5 Å². The standard InChI is InChI=1S/C19H14N2O5S/c22-19(14-6-10-16(11-7-14)21(23)24)20-15-8-12-18(13-9-15)27(25,26)17-4-2-1-3-5-17/h1-13H,(H,20,22). The van der Waals surface area contributed by atoms with Crippen LogP contribution in [0.4, 0.5) is 11.4 Å². The van der Waals surface area contributed by atoms with Crippen molar-refractivity contribution in [3.63, 3.8) is 0 Å². The molecule has 136 valence electrons. The summed E-state index contributed by atoms with van der Waals surface area (Å²) in [6.07, 6.45) is 0. The predicted octanol–water partition coefficient (Wildman–Crippen LogP) is 3.68. The van der Waals surface area contributed by atoms with Crippen LogP contribution in [0.5, 0.6) is 0 Å². The third-order valence-corrected chi connectivity index (χ3v) is 5.60. The van der Waals surface area contributed by atoms with Crippen molar-refractivity contribution < 1.29 is 18.1 Å². The van der Waals surface area contributed by atoms with Gasteiger partial charge in [-0.1, -0.05) is 18.2 Å². The van der Waals surface area contributed by atoms with E-state index in [-0.39, 0.29) is 21.0 Å². The molecule has 0 heterocycles. The van der Waals surface area contributed by atoms with Crippen molar-refractivity contribution in [2.24, 2.45) is 0 Å². The maximum Gasteiger partial charge on any atom is 0.269 e. The van der Waals surface area contributed by atoms with Gasteiger partial charge in [0.05, 0.1) is 14.7 Å². The summed E-state index contributed by atoms with van der Waals surface area (Å²) >= 11 is 0. The molecule has 0 radical (unpaired) electrons. The lowest BCUT2D eigenvalue weighted by Crippen LogP contribution is -2.12. The summed E-state index contributed by atoms with van der Waals surface area (Å²) in [5.74, 6) is -0.455. The van der Waals surface area contributed by atoms with E-state index in [9.17, 15) is 23.3 Å². The molecule has 7 nitrogen and oxygen atoms in total. The van der Waals surface area contributed by atoms with Crippen LogP contribution in [0.2, 0.25) is 0 Å². The van der Waals surface area contributed by atoms with Crippen molar-refractivity contribution >= 4 is 27.1 Å². The minimum atomic E-state index is -3.63. The Kier molecular flexibility index (Phi) is 5.00. The molecule has 0 saturated heterocycles. The van der Waals surface area contributed by atoms with E-state index in [0.29, 0.717) is 5.69 Å². The maximum absolute atomic E-state index is 12.5. The Bertz CT molecular complexity index is 1080. The molecule has 8 heteroatoms. The van der Waals surface area contributed by atoms with Gasteiger partial charge < -0.3 is 5.32 Å². The fourth-order valence-electron chi connectivity index (χ4n) is 2.39. The SMILES string of the molecule is O=C(Nc1ccc(S(=O)(=O)c2ccccc2)cc1)c1ccc([N+](=O)[O-])cc1. The molecule has 0 spiro atoms. The third-order valence-electron chi connectivity index (χ3n) is 3.82. The van der Waals surface area contributed by atoms with Gasteiger partial charge in [0.2, 0.25) is 9.84 Å². The quantitative estimate of drug-likeness (QED) is 0.535. The van der Waals surface area contributed by atoms with E-state index in [0.717, 1.165) is 0 Å². The van der Waals surface area contributed by atoms with Crippen LogP contribution in [0.15, 0.2) is 88.7 Å². The Balaban J connectivity index is 1.76.